The van der Waals surface area contributed by atoms with Crippen LogP contribution in [-0.2, 0) is 20.4 Å². The lowest BCUT2D eigenvalue weighted by Crippen LogP contribution is -2.53. The van der Waals surface area contributed by atoms with E-state index in [2.05, 4.69) is 5.32 Å². The van der Waals surface area contributed by atoms with Gasteiger partial charge in [0.25, 0.3) is 0 Å². The second-order valence-electron chi connectivity index (χ2n) is 6.87. The van der Waals surface area contributed by atoms with Gasteiger partial charge in [0, 0.05) is 19.0 Å². The molecular formula is C17H23FN2O3S. The normalized spacial score (nSPS) is 21.9. The first-order valence-electron chi connectivity index (χ1n) is 8.33. The lowest BCUT2D eigenvalue weighted by atomic mass is 9.71. The predicted octanol–water partition coefficient (Wildman–Crippen LogP) is 1.99. The van der Waals surface area contributed by atoms with Crippen molar-refractivity contribution in [2.75, 3.05) is 19.3 Å². The third kappa shape index (κ3) is 3.47. The molecule has 0 unspecified atom stereocenters. The van der Waals surface area contributed by atoms with E-state index in [1.54, 1.807) is 12.1 Å². The van der Waals surface area contributed by atoms with Crippen LogP contribution in [0.25, 0.3) is 0 Å². The van der Waals surface area contributed by atoms with E-state index < -0.39 is 15.6 Å². The summed E-state index contributed by atoms with van der Waals surface area (Å²) < 4.78 is 37.7. The quantitative estimate of drug-likeness (QED) is 0.899. The summed E-state index contributed by atoms with van der Waals surface area (Å²) in [6.07, 6.45) is 5.02. The molecule has 132 valence electrons. The number of halogens is 1. The molecule has 1 saturated heterocycles. The van der Waals surface area contributed by atoms with E-state index in [0.29, 0.717) is 25.9 Å². The molecule has 3 rings (SSSR count). The van der Waals surface area contributed by atoms with Gasteiger partial charge >= 0.3 is 0 Å². The highest BCUT2D eigenvalue weighted by Crippen LogP contribution is 2.41. The van der Waals surface area contributed by atoms with Crippen LogP contribution in [0.5, 0.6) is 0 Å². The predicted molar refractivity (Wildman–Crippen MR) is 89.2 cm³/mol. The molecule has 2 aliphatic rings. The van der Waals surface area contributed by atoms with Crippen molar-refractivity contribution in [3.63, 3.8) is 0 Å². The molecule has 1 aliphatic carbocycles. The van der Waals surface area contributed by atoms with Gasteiger partial charge in [-0.05, 0) is 49.8 Å². The van der Waals surface area contributed by atoms with Crippen molar-refractivity contribution in [1.82, 2.24) is 9.62 Å². The van der Waals surface area contributed by atoms with Crippen molar-refractivity contribution in [3.05, 3.63) is 35.6 Å². The van der Waals surface area contributed by atoms with Crippen molar-refractivity contribution in [1.29, 1.82) is 0 Å². The van der Waals surface area contributed by atoms with Gasteiger partial charge in [-0.15, -0.1) is 0 Å². The molecule has 1 saturated carbocycles. The minimum atomic E-state index is -3.18. The van der Waals surface area contributed by atoms with Gasteiger partial charge in [0.05, 0.1) is 11.8 Å². The van der Waals surface area contributed by atoms with Crippen LogP contribution < -0.4 is 5.32 Å². The van der Waals surface area contributed by atoms with Crippen LogP contribution in [0, 0.1) is 11.7 Å². The molecule has 1 aromatic carbocycles. The average molecular weight is 354 g/mol. The fourth-order valence-electron chi connectivity index (χ4n) is 3.57. The molecule has 5 nitrogen and oxygen atoms in total. The maximum Gasteiger partial charge on any atom is 0.223 e. The Hall–Kier alpha value is -1.47. The van der Waals surface area contributed by atoms with Gasteiger partial charge in [-0.3, -0.25) is 4.79 Å². The second kappa shape index (κ2) is 6.44. The first kappa shape index (κ1) is 17.4. The van der Waals surface area contributed by atoms with Gasteiger partial charge in [-0.1, -0.05) is 12.1 Å². The first-order chi connectivity index (χ1) is 11.3. The molecule has 2 fully saturated rings. The Morgan fingerprint density at radius 3 is 2.25 bits per heavy atom. The van der Waals surface area contributed by atoms with E-state index in [1.165, 1.54) is 22.7 Å². The summed E-state index contributed by atoms with van der Waals surface area (Å²) in [4.78, 5) is 12.6. The molecule has 1 N–H and O–H groups in total. The van der Waals surface area contributed by atoms with Gasteiger partial charge in [-0.2, -0.15) is 0 Å². The van der Waals surface area contributed by atoms with E-state index in [1.807, 2.05) is 0 Å². The van der Waals surface area contributed by atoms with Crippen molar-refractivity contribution < 1.29 is 17.6 Å². The highest BCUT2D eigenvalue weighted by Gasteiger charge is 2.41. The lowest BCUT2D eigenvalue weighted by molar-refractivity contribution is -0.129. The van der Waals surface area contributed by atoms with Crippen LogP contribution in [0.2, 0.25) is 0 Å². The van der Waals surface area contributed by atoms with Crippen molar-refractivity contribution in [3.8, 4) is 0 Å². The number of sulfonamides is 1. The highest BCUT2D eigenvalue weighted by atomic mass is 32.2. The average Bonchev–Trinajstić information content (AvgIpc) is 2.51. The number of carbonyl (C=O) groups excluding carboxylic acids is 1. The largest absolute Gasteiger partial charge is 0.346 e. The molecule has 0 bridgehead atoms. The molecule has 0 aromatic heterocycles. The Morgan fingerprint density at radius 1 is 1.21 bits per heavy atom. The number of nitrogens with zero attached hydrogens (tertiary/aromatic N) is 1. The third-order valence-corrected chi connectivity index (χ3v) is 6.56. The summed E-state index contributed by atoms with van der Waals surface area (Å²) in [5.74, 6) is -0.471. The number of piperidine rings is 1. The summed E-state index contributed by atoms with van der Waals surface area (Å²) in [5.41, 5.74) is 0.552. The zero-order valence-electron chi connectivity index (χ0n) is 13.8. The molecule has 7 heteroatoms. The summed E-state index contributed by atoms with van der Waals surface area (Å²) >= 11 is 0. The Bertz CT molecular complexity index is 706. The summed E-state index contributed by atoms with van der Waals surface area (Å²) in [7, 11) is -3.18. The molecular weight excluding hydrogens is 331 g/mol. The van der Waals surface area contributed by atoms with E-state index in [9.17, 15) is 17.6 Å². The number of hydrogen-bond donors (Lipinski definition) is 1. The minimum absolute atomic E-state index is 0.0211. The summed E-state index contributed by atoms with van der Waals surface area (Å²) in [6.45, 7) is 0.779. The van der Waals surface area contributed by atoms with Gasteiger partial charge in [0.1, 0.15) is 5.82 Å². The van der Waals surface area contributed by atoms with Crippen LogP contribution in [0.1, 0.15) is 37.7 Å². The molecule has 24 heavy (non-hydrogen) atoms. The van der Waals surface area contributed by atoms with Crippen molar-refractivity contribution in [2.24, 2.45) is 5.92 Å². The minimum Gasteiger partial charge on any atom is -0.346 e. The smallest absolute Gasteiger partial charge is 0.223 e. The highest BCUT2D eigenvalue weighted by molar-refractivity contribution is 7.88. The standard InChI is InChI=1S/C17H23FN2O3S/c1-24(22,23)20-11-7-13(8-12-20)16(21)19-17(9-2-10-17)14-3-5-15(18)6-4-14/h3-6,13H,2,7-12H2,1H3,(H,19,21). The zero-order valence-corrected chi connectivity index (χ0v) is 14.6. The van der Waals surface area contributed by atoms with Crippen LogP contribution in [0.4, 0.5) is 4.39 Å². The van der Waals surface area contributed by atoms with E-state index in [0.717, 1.165) is 24.8 Å². The van der Waals surface area contributed by atoms with Crippen LogP contribution in [0.15, 0.2) is 24.3 Å². The zero-order chi connectivity index (χ0) is 17.4. The fourth-order valence-corrected chi connectivity index (χ4v) is 4.45. The lowest BCUT2D eigenvalue weighted by Gasteiger charge is -2.44. The van der Waals surface area contributed by atoms with Crippen LogP contribution in [-0.4, -0.2) is 38.0 Å². The summed E-state index contributed by atoms with van der Waals surface area (Å²) in [6, 6.07) is 6.32. The maximum atomic E-state index is 13.1. The Labute approximate surface area is 142 Å². The maximum absolute atomic E-state index is 13.1. The van der Waals surface area contributed by atoms with Crippen molar-refractivity contribution >= 4 is 15.9 Å². The third-order valence-electron chi connectivity index (χ3n) is 5.26. The molecule has 0 radical (unpaired) electrons. The monoisotopic (exact) mass is 354 g/mol. The van der Waals surface area contributed by atoms with Crippen LogP contribution >= 0.6 is 0 Å². The SMILES string of the molecule is CS(=O)(=O)N1CCC(C(=O)NC2(c3ccc(F)cc3)CCC2)CC1. The number of nitrogens with one attached hydrogen (secondary N) is 1. The van der Waals surface area contributed by atoms with E-state index >= 15 is 0 Å². The molecule has 0 atom stereocenters. The first-order valence-corrected chi connectivity index (χ1v) is 10.2. The number of benzene rings is 1. The van der Waals surface area contributed by atoms with Gasteiger partial charge in [-0.25, -0.2) is 17.1 Å². The van der Waals surface area contributed by atoms with Gasteiger partial charge in [0.2, 0.25) is 15.9 Å². The second-order valence-corrected chi connectivity index (χ2v) is 8.85. The number of carbonyl (C=O) groups is 1. The number of amides is 1. The summed E-state index contributed by atoms with van der Waals surface area (Å²) in [5, 5.41) is 3.16. The Balaban J connectivity index is 1.65. The fraction of sp³-hybridized carbons (Fsp3) is 0.588. The molecule has 1 aliphatic heterocycles. The van der Waals surface area contributed by atoms with Crippen LogP contribution in [0.3, 0.4) is 0 Å². The molecule has 1 aromatic rings. The van der Waals surface area contributed by atoms with E-state index in [4.69, 9.17) is 0 Å². The Kier molecular flexibility index (Phi) is 4.66. The topological polar surface area (TPSA) is 66.5 Å². The molecule has 1 amide bonds. The Morgan fingerprint density at radius 2 is 1.79 bits per heavy atom. The molecule has 1 heterocycles. The van der Waals surface area contributed by atoms with Gasteiger partial charge in [0.15, 0.2) is 0 Å². The van der Waals surface area contributed by atoms with Gasteiger partial charge < -0.3 is 5.32 Å². The van der Waals surface area contributed by atoms with E-state index in [-0.39, 0.29) is 17.6 Å². The number of rotatable bonds is 4. The number of hydrogen-bond acceptors (Lipinski definition) is 3. The van der Waals surface area contributed by atoms with Crippen molar-refractivity contribution in [2.45, 2.75) is 37.6 Å². The molecule has 0 spiro atoms.